The van der Waals surface area contributed by atoms with E-state index in [-0.39, 0.29) is 11.3 Å². The molecule has 0 aliphatic rings. The molecule has 3 aromatic rings. The van der Waals surface area contributed by atoms with E-state index in [1.807, 2.05) is 0 Å². The zero-order chi connectivity index (χ0) is 22.8. The summed E-state index contributed by atoms with van der Waals surface area (Å²) in [5.74, 6) is 0.767. The smallest absolute Gasteiger partial charge is 0.367 e. The number of carbonyl (C=O) groups is 1. The lowest BCUT2D eigenvalue weighted by molar-refractivity contribution is -0.117. The molecule has 3 rings (SSSR count). The Morgan fingerprint density at radius 3 is 2.26 bits per heavy atom. The summed E-state index contributed by atoms with van der Waals surface area (Å²) < 4.78 is 18.1. The Bertz CT molecular complexity index is 1140. The lowest BCUT2D eigenvalue weighted by atomic mass is 10.2. The van der Waals surface area contributed by atoms with Crippen LogP contribution >= 0.6 is 11.8 Å². The number of rotatable bonds is 7. The Kier molecular flexibility index (Phi) is 6.44. The van der Waals surface area contributed by atoms with Gasteiger partial charge in [-0.1, -0.05) is 32.5 Å². The second-order valence-corrected chi connectivity index (χ2v) is 9.41. The first-order valence-corrected chi connectivity index (χ1v) is 10.2. The van der Waals surface area contributed by atoms with Gasteiger partial charge in [-0.2, -0.15) is 9.61 Å². The van der Waals surface area contributed by atoms with Crippen LogP contribution in [0, 0.1) is 0 Å². The number of aromatic nitrogens is 4. The van der Waals surface area contributed by atoms with Gasteiger partial charge in [-0.15, -0.1) is 5.10 Å². The minimum Gasteiger partial charge on any atom is -0.493 e. The van der Waals surface area contributed by atoms with Crippen molar-refractivity contribution in [3.8, 4) is 17.2 Å². The standard InChI is InChI=1S/C20H25N5O5S/c1-20(2,3)31-17-8-7-15-22-24(19(27)25(15)23-17)11-16(26)21-12-9-13(28-4)18(30-6)14(10-12)29-5/h7-10H,11H2,1-6H3,(H,21,26). The predicted molar refractivity (Wildman–Crippen MR) is 118 cm³/mol. The van der Waals surface area contributed by atoms with Crippen LogP contribution in [0.25, 0.3) is 5.65 Å². The molecule has 0 atom stereocenters. The third kappa shape index (κ3) is 5.10. The summed E-state index contributed by atoms with van der Waals surface area (Å²) >= 11 is 1.54. The van der Waals surface area contributed by atoms with E-state index in [4.69, 9.17) is 14.2 Å². The fourth-order valence-corrected chi connectivity index (χ4v) is 3.74. The molecule has 0 unspecified atom stereocenters. The van der Waals surface area contributed by atoms with Crippen LogP contribution in [-0.2, 0) is 11.3 Å². The first-order valence-electron chi connectivity index (χ1n) is 9.41. The number of hydrogen-bond acceptors (Lipinski definition) is 8. The molecule has 0 radical (unpaired) electrons. The van der Waals surface area contributed by atoms with Crippen LogP contribution in [-0.4, -0.2) is 51.4 Å². The highest BCUT2D eigenvalue weighted by molar-refractivity contribution is 8.00. The van der Waals surface area contributed by atoms with Gasteiger partial charge in [0.1, 0.15) is 11.6 Å². The molecule has 2 aromatic heterocycles. The number of hydrogen-bond donors (Lipinski definition) is 1. The van der Waals surface area contributed by atoms with Gasteiger partial charge in [0, 0.05) is 22.6 Å². The summed E-state index contributed by atoms with van der Waals surface area (Å²) in [4.78, 5) is 25.2. The number of thioether (sulfide) groups is 1. The van der Waals surface area contributed by atoms with Crippen LogP contribution in [0.3, 0.4) is 0 Å². The summed E-state index contributed by atoms with van der Waals surface area (Å²) in [5, 5.41) is 11.9. The van der Waals surface area contributed by atoms with Gasteiger partial charge >= 0.3 is 5.69 Å². The number of fused-ring (bicyclic) bond motifs is 1. The number of nitrogens with zero attached hydrogens (tertiary/aromatic N) is 4. The zero-order valence-corrected chi connectivity index (χ0v) is 19.1. The van der Waals surface area contributed by atoms with Crippen molar-refractivity contribution in [1.29, 1.82) is 0 Å². The maximum atomic E-state index is 12.7. The van der Waals surface area contributed by atoms with Gasteiger partial charge in [0.25, 0.3) is 0 Å². The minimum atomic E-state index is -0.494. The highest BCUT2D eigenvalue weighted by atomic mass is 32.2. The van der Waals surface area contributed by atoms with Crippen LogP contribution in [0.15, 0.2) is 34.1 Å². The van der Waals surface area contributed by atoms with Gasteiger partial charge < -0.3 is 19.5 Å². The van der Waals surface area contributed by atoms with Gasteiger partial charge in [-0.05, 0) is 12.1 Å². The van der Waals surface area contributed by atoms with E-state index in [0.717, 1.165) is 4.68 Å². The Balaban J connectivity index is 1.82. The maximum Gasteiger partial charge on any atom is 0.367 e. The van der Waals surface area contributed by atoms with Crippen molar-refractivity contribution in [2.45, 2.75) is 37.1 Å². The molecule has 0 aliphatic heterocycles. The Morgan fingerprint density at radius 2 is 1.71 bits per heavy atom. The van der Waals surface area contributed by atoms with Gasteiger partial charge in [0.15, 0.2) is 17.1 Å². The van der Waals surface area contributed by atoms with Crippen LogP contribution in [0.4, 0.5) is 5.69 Å². The molecule has 166 valence electrons. The van der Waals surface area contributed by atoms with E-state index >= 15 is 0 Å². The number of carbonyl (C=O) groups excluding carboxylic acids is 1. The molecule has 11 heteroatoms. The van der Waals surface area contributed by atoms with E-state index in [1.54, 1.807) is 24.3 Å². The van der Waals surface area contributed by atoms with Crippen molar-refractivity contribution in [2.24, 2.45) is 0 Å². The number of anilines is 1. The highest BCUT2D eigenvalue weighted by Gasteiger charge is 2.18. The summed E-state index contributed by atoms with van der Waals surface area (Å²) in [6.45, 7) is 5.90. The van der Waals surface area contributed by atoms with Crippen molar-refractivity contribution in [1.82, 2.24) is 19.4 Å². The lowest BCUT2D eigenvalue weighted by Gasteiger charge is -2.16. The number of amides is 1. The second kappa shape index (κ2) is 8.88. The number of nitrogens with one attached hydrogen (secondary N) is 1. The fraction of sp³-hybridized carbons (Fsp3) is 0.400. The van der Waals surface area contributed by atoms with Gasteiger partial charge in [-0.3, -0.25) is 4.79 Å². The maximum absolute atomic E-state index is 12.7. The van der Waals surface area contributed by atoms with Gasteiger partial charge in [0.05, 0.1) is 21.3 Å². The molecular weight excluding hydrogens is 422 g/mol. The molecule has 10 nitrogen and oxygen atoms in total. The summed E-state index contributed by atoms with van der Waals surface area (Å²) in [7, 11) is 4.46. The largest absolute Gasteiger partial charge is 0.493 e. The number of methoxy groups -OCH3 is 3. The molecule has 0 spiro atoms. The molecule has 0 fully saturated rings. The van der Waals surface area contributed by atoms with Crippen molar-refractivity contribution >= 4 is 29.0 Å². The van der Waals surface area contributed by atoms with Crippen molar-refractivity contribution in [3.05, 3.63) is 34.7 Å². The average Bonchev–Trinajstić information content (AvgIpc) is 3.00. The van der Waals surface area contributed by atoms with Crippen LogP contribution < -0.4 is 25.2 Å². The Labute approximate surface area is 183 Å². The SMILES string of the molecule is COc1cc(NC(=O)Cn2nc3ccc(SC(C)(C)C)nn3c2=O)cc(OC)c1OC. The Hall–Kier alpha value is -3.21. The molecule has 1 N–H and O–H groups in total. The molecule has 0 saturated heterocycles. The normalized spacial score (nSPS) is 11.4. The molecule has 0 aliphatic carbocycles. The van der Waals surface area contributed by atoms with E-state index in [0.29, 0.717) is 33.6 Å². The van der Waals surface area contributed by atoms with Crippen molar-refractivity contribution in [3.63, 3.8) is 0 Å². The molecule has 1 aromatic carbocycles. The first-order chi connectivity index (χ1) is 14.6. The predicted octanol–water partition coefficient (Wildman–Crippen LogP) is 2.45. The van der Waals surface area contributed by atoms with Crippen LogP contribution in [0.1, 0.15) is 20.8 Å². The fourth-order valence-electron chi connectivity index (χ4n) is 2.85. The third-order valence-corrected chi connectivity index (χ3v) is 5.11. The van der Waals surface area contributed by atoms with E-state index in [9.17, 15) is 9.59 Å². The third-order valence-electron chi connectivity index (χ3n) is 4.07. The highest BCUT2D eigenvalue weighted by Crippen LogP contribution is 2.39. The second-order valence-electron chi connectivity index (χ2n) is 7.56. The zero-order valence-electron chi connectivity index (χ0n) is 18.3. The van der Waals surface area contributed by atoms with E-state index in [2.05, 4.69) is 36.3 Å². The number of benzene rings is 1. The van der Waals surface area contributed by atoms with Crippen LogP contribution in [0.5, 0.6) is 17.2 Å². The lowest BCUT2D eigenvalue weighted by Crippen LogP contribution is -2.29. The Morgan fingerprint density at radius 1 is 1.06 bits per heavy atom. The molecule has 0 saturated carbocycles. The molecule has 31 heavy (non-hydrogen) atoms. The summed E-state index contributed by atoms with van der Waals surface area (Å²) in [6, 6.07) is 6.71. The van der Waals surface area contributed by atoms with Gasteiger partial charge in [-0.25, -0.2) is 9.48 Å². The summed E-state index contributed by atoms with van der Waals surface area (Å²) in [6.07, 6.45) is 0. The number of ether oxygens (including phenoxy) is 3. The molecular formula is C20H25N5O5S. The molecule has 0 bridgehead atoms. The van der Waals surface area contributed by atoms with Gasteiger partial charge in [0.2, 0.25) is 11.7 Å². The topological polar surface area (TPSA) is 109 Å². The average molecular weight is 448 g/mol. The molecule has 1 amide bonds. The summed E-state index contributed by atoms with van der Waals surface area (Å²) in [5.41, 5.74) is 0.300. The van der Waals surface area contributed by atoms with Crippen molar-refractivity contribution < 1.29 is 19.0 Å². The van der Waals surface area contributed by atoms with E-state index in [1.165, 1.54) is 37.6 Å². The molecule has 2 heterocycles. The minimum absolute atomic E-state index is 0.0549. The van der Waals surface area contributed by atoms with Crippen molar-refractivity contribution in [2.75, 3.05) is 26.6 Å². The quantitative estimate of drug-likeness (QED) is 0.550. The van der Waals surface area contributed by atoms with Crippen LogP contribution in [0.2, 0.25) is 0 Å². The van der Waals surface area contributed by atoms with E-state index < -0.39 is 11.6 Å². The first kappa shape index (κ1) is 22.5. The monoisotopic (exact) mass is 447 g/mol.